The second-order valence-electron chi connectivity index (χ2n) is 15.2. The molecule has 0 bridgehead atoms. The van der Waals surface area contributed by atoms with E-state index in [-0.39, 0.29) is 0 Å². The molecule has 0 saturated heterocycles. The highest BCUT2D eigenvalue weighted by molar-refractivity contribution is 5.94. The summed E-state index contributed by atoms with van der Waals surface area (Å²) in [6.45, 7) is 0. The normalized spacial score (nSPS) is 14.4. The van der Waals surface area contributed by atoms with Crippen LogP contribution in [0.4, 0.5) is 0 Å². The summed E-state index contributed by atoms with van der Waals surface area (Å²) >= 11 is 0. The molecule has 0 N–H and O–H groups in total. The lowest BCUT2D eigenvalue weighted by Crippen LogP contribution is -2.43. The van der Waals surface area contributed by atoms with E-state index in [0.29, 0.717) is 5.82 Å². The first-order valence-electron chi connectivity index (χ1n) is 19.4. The second kappa shape index (κ2) is 11.7. The molecule has 1 heterocycles. The number of hydrogen-bond acceptors (Lipinski definition) is 2. The third-order valence-electron chi connectivity index (χ3n) is 12.6. The zero-order valence-electron chi connectivity index (χ0n) is 30.5. The van der Waals surface area contributed by atoms with Gasteiger partial charge in [-0.1, -0.05) is 194 Å². The lowest BCUT2D eigenvalue weighted by Gasteiger charge is -2.48. The molecule has 0 saturated carbocycles. The number of rotatable bonds is 3. The molecule has 3 aliphatic rings. The number of nitrogens with zero attached hydrogens (tertiary/aromatic N) is 2. The van der Waals surface area contributed by atoms with Gasteiger partial charge in [0.15, 0.2) is 5.82 Å². The van der Waals surface area contributed by atoms with Crippen LogP contribution in [-0.2, 0) is 10.8 Å². The van der Waals surface area contributed by atoms with Crippen molar-refractivity contribution in [3.8, 4) is 56.2 Å². The average Bonchev–Trinajstić information content (AvgIpc) is 3.74. The monoisotopic (exact) mass is 710 g/mol. The highest BCUT2D eigenvalue weighted by atomic mass is 14.9. The molecule has 0 fully saturated rings. The Balaban J connectivity index is 1.17. The van der Waals surface area contributed by atoms with Crippen LogP contribution in [0.2, 0.25) is 0 Å². The smallest absolute Gasteiger partial charge is 0.160 e. The molecule has 0 aliphatic heterocycles. The minimum atomic E-state index is -0.565. The van der Waals surface area contributed by atoms with E-state index in [2.05, 4.69) is 194 Å². The van der Waals surface area contributed by atoms with Gasteiger partial charge in [0.25, 0.3) is 0 Å². The number of aromatic nitrogens is 2. The molecule has 2 nitrogen and oxygen atoms in total. The van der Waals surface area contributed by atoms with Gasteiger partial charge < -0.3 is 0 Å². The lowest BCUT2D eigenvalue weighted by molar-refractivity contribution is 0.633. The zero-order valence-corrected chi connectivity index (χ0v) is 30.5. The van der Waals surface area contributed by atoms with Crippen molar-refractivity contribution in [2.45, 2.75) is 10.8 Å². The molecule has 3 aliphatic carbocycles. The lowest BCUT2D eigenvalue weighted by atomic mass is 9.52. The van der Waals surface area contributed by atoms with Crippen LogP contribution in [0.1, 0.15) is 44.5 Å². The highest BCUT2D eigenvalue weighted by Crippen LogP contribution is 2.67. The summed E-state index contributed by atoms with van der Waals surface area (Å²) < 4.78 is 0. The first-order valence-corrected chi connectivity index (χ1v) is 19.4. The standard InChI is InChI=1S/C54H34N2/c1-3-17-35(18-4-1)50-34-51(56-52(55-50)36-19-5-2-6-20-36)37-31-32-41-40-23-9-12-26-44(40)54(49(41)33-37)47-29-15-13-27-45(47)53(46-28-14-16-30-48(46)54)42-24-10-7-21-38(42)39-22-8-11-25-43(39)53/h1-34H. The van der Waals surface area contributed by atoms with Crippen LogP contribution in [0.5, 0.6) is 0 Å². The van der Waals surface area contributed by atoms with Crippen LogP contribution in [0.15, 0.2) is 206 Å². The molecule has 8 aromatic carbocycles. The van der Waals surface area contributed by atoms with E-state index in [1.54, 1.807) is 0 Å². The van der Waals surface area contributed by atoms with E-state index in [4.69, 9.17) is 9.97 Å². The molecule has 12 rings (SSSR count). The van der Waals surface area contributed by atoms with Gasteiger partial charge in [-0.15, -0.1) is 0 Å². The van der Waals surface area contributed by atoms with Crippen LogP contribution < -0.4 is 0 Å². The molecule has 0 radical (unpaired) electrons. The minimum Gasteiger partial charge on any atom is -0.228 e. The number of benzene rings is 8. The molecule has 9 aromatic rings. The summed E-state index contributed by atoms with van der Waals surface area (Å²) in [5, 5.41) is 0. The van der Waals surface area contributed by atoms with Crippen molar-refractivity contribution >= 4 is 0 Å². The Morgan fingerprint density at radius 2 is 0.607 bits per heavy atom. The van der Waals surface area contributed by atoms with Gasteiger partial charge in [-0.05, 0) is 78.9 Å². The van der Waals surface area contributed by atoms with Crippen molar-refractivity contribution in [3.63, 3.8) is 0 Å². The quantitative estimate of drug-likeness (QED) is 0.182. The van der Waals surface area contributed by atoms with E-state index >= 15 is 0 Å². The molecule has 56 heavy (non-hydrogen) atoms. The van der Waals surface area contributed by atoms with Gasteiger partial charge >= 0.3 is 0 Å². The summed E-state index contributed by atoms with van der Waals surface area (Å²) in [7, 11) is 0. The maximum Gasteiger partial charge on any atom is 0.160 e. The maximum absolute atomic E-state index is 5.29. The van der Waals surface area contributed by atoms with E-state index in [1.165, 1.54) is 66.8 Å². The minimum absolute atomic E-state index is 0.469. The average molecular weight is 711 g/mol. The third kappa shape index (κ3) is 4.00. The van der Waals surface area contributed by atoms with Gasteiger partial charge in [0.2, 0.25) is 0 Å². The number of hydrogen-bond donors (Lipinski definition) is 0. The Morgan fingerprint density at radius 1 is 0.250 bits per heavy atom. The highest BCUT2D eigenvalue weighted by Gasteiger charge is 2.58. The Bertz CT molecular complexity index is 2880. The summed E-state index contributed by atoms with van der Waals surface area (Å²) in [4.78, 5) is 10.4. The van der Waals surface area contributed by atoms with Crippen LogP contribution in [0.3, 0.4) is 0 Å². The van der Waals surface area contributed by atoms with Gasteiger partial charge in [-0.25, -0.2) is 9.97 Å². The first-order chi connectivity index (χ1) is 27.8. The summed E-state index contributed by atoms with van der Waals surface area (Å²) in [5.41, 5.74) is 19.7. The van der Waals surface area contributed by atoms with Crippen molar-refractivity contribution in [2.24, 2.45) is 0 Å². The Hall–Kier alpha value is -7.16. The molecule has 0 atom stereocenters. The molecule has 2 spiro atoms. The van der Waals surface area contributed by atoms with Gasteiger partial charge in [0.05, 0.1) is 22.2 Å². The topological polar surface area (TPSA) is 25.8 Å². The van der Waals surface area contributed by atoms with Crippen molar-refractivity contribution in [3.05, 3.63) is 251 Å². The Kier molecular flexibility index (Phi) is 6.50. The largest absolute Gasteiger partial charge is 0.228 e. The van der Waals surface area contributed by atoms with Crippen molar-refractivity contribution in [1.29, 1.82) is 0 Å². The van der Waals surface area contributed by atoms with Crippen molar-refractivity contribution < 1.29 is 0 Å². The SMILES string of the molecule is c1ccc(-c2cc(-c3ccc4c(c3)C3(c5ccccc5-4)c4ccccc4C4(c5ccccc5-c5ccccc54)c4ccccc43)nc(-c3ccccc3)n2)cc1. The fourth-order valence-electron chi connectivity index (χ4n) is 10.5. The summed E-state index contributed by atoms with van der Waals surface area (Å²) in [5.74, 6) is 0.717. The Morgan fingerprint density at radius 3 is 1.09 bits per heavy atom. The molecule has 1 aromatic heterocycles. The maximum atomic E-state index is 5.29. The molecule has 0 unspecified atom stereocenters. The predicted octanol–water partition coefficient (Wildman–Crippen LogP) is 12.5. The zero-order chi connectivity index (χ0) is 36.8. The van der Waals surface area contributed by atoms with E-state index in [1.807, 2.05) is 12.1 Å². The van der Waals surface area contributed by atoms with Gasteiger partial charge in [-0.3, -0.25) is 0 Å². The van der Waals surface area contributed by atoms with Gasteiger partial charge in [-0.2, -0.15) is 0 Å². The van der Waals surface area contributed by atoms with Crippen molar-refractivity contribution in [1.82, 2.24) is 9.97 Å². The molecular weight excluding hydrogens is 677 g/mol. The predicted molar refractivity (Wildman–Crippen MR) is 227 cm³/mol. The molecule has 260 valence electrons. The number of fused-ring (bicyclic) bond motifs is 16. The van der Waals surface area contributed by atoms with Gasteiger partial charge in [0, 0.05) is 16.7 Å². The van der Waals surface area contributed by atoms with Gasteiger partial charge in [0.1, 0.15) is 0 Å². The van der Waals surface area contributed by atoms with Crippen molar-refractivity contribution in [2.75, 3.05) is 0 Å². The first kappa shape index (κ1) is 31.2. The molecule has 0 amide bonds. The van der Waals surface area contributed by atoms with E-state index < -0.39 is 10.8 Å². The van der Waals surface area contributed by atoms with Crippen LogP contribution >= 0.6 is 0 Å². The van der Waals surface area contributed by atoms with Crippen LogP contribution in [-0.4, -0.2) is 9.97 Å². The fourth-order valence-corrected chi connectivity index (χ4v) is 10.5. The van der Waals surface area contributed by atoms with Crippen LogP contribution in [0, 0.1) is 0 Å². The van der Waals surface area contributed by atoms with E-state index in [0.717, 1.165) is 28.1 Å². The second-order valence-corrected chi connectivity index (χ2v) is 15.2. The Labute approximate surface area is 326 Å². The summed E-state index contributed by atoms with van der Waals surface area (Å²) in [6, 6.07) is 75.7. The fraction of sp³-hybridized carbons (Fsp3) is 0.0370. The molecule has 2 heteroatoms. The van der Waals surface area contributed by atoms with E-state index in [9.17, 15) is 0 Å². The molecular formula is C54H34N2. The third-order valence-corrected chi connectivity index (χ3v) is 12.6. The van der Waals surface area contributed by atoms with Crippen LogP contribution in [0.25, 0.3) is 56.2 Å². The summed E-state index contributed by atoms with van der Waals surface area (Å²) in [6.07, 6.45) is 0.